The normalized spacial score (nSPS) is 14.1. The van der Waals surface area contributed by atoms with Crippen molar-refractivity contribution in [2.24, 2.45) is 0 Å². The van der Waals surface area contributed by atoms with Gasteiger partial charge < -0.3 is 9.64 Å². The third-order valence-electron chi connectivity index (χ3n) is 5.65. The van der Waals surface area contributed by atoms with Gasteiger partial charge >= 0.3 is 0 Å². The SMILES string of the molecule is CSc1nn(-c2ncc(-c3cc(C)ccc3F)cn2)c2cc(C(=O)N3CCOCC3)ccc12. The summed E-state index contributed by atoms with van der Waals surface area (Å²) in [6, 6.07) is 10.5. The van der Waals surface area contributed by atoms with Gasteiger partial charge in [-0.1, -0.05) is 11.6 Å². The second-order valence-electron chi connectivity index (χ2n) is 7.81. The Morgan fingerprint density at radius 3 is 2.58 bits per heavy atom. The molecule has 2 aromatic carbocycles. The van der Waals surface area contributed by atoms with Crippen molar-refractivity contribution in [1.82, 2.24) is 24.6 Å². The number of hydrogen-bond donors (Lipinski definition) is 0. The van der Waals surface area contributed by atoms with Crippen molar-refractivity contribution in [2.45, 2.75) is 11.9 Å². The van der Waals surface area contributed by atoms with Crippen LogP contribution in [0.2, 0.25) is 0 Å². The largest absolute Gasteiger partial charge is 0.378 e. The van der Waals surface area contributed by atoms with Gasteiger partial charge in [-0.15, -0.1) is 11.8 Å². The number of ether oxygens (including phenoxy) is 1. The molecule has 3 heterocycles. The Kier molecular flexibility index (Phi) is 5.82. The number of hydrogen-bond acceptors (Lipinski definition) is 6. The predicted molar refractivity (Wildman–Crippen MR) is 125 cm³/mol. The van der Waals surface area contributed by atoms with Crippen molar-refractivity contribution in [3.8, 4) is 17.1 Å². The minimum absolute atomic E-state index is 0.0372. The topological polar surface area (TPSA) is 73.1 Å². The van der Waals surface area contributed by atoms with Gasteiger partial charge in [-0.2, -0.15) is 9.78 Å². The van der Waals surface area contributed by atoms with Crippen LogP contribution < -0.4 is 0 Å². The highest BCUT2D eigenvalue weighted by Gasteiger charge is 2.21. The van der Waals surface area contributed by atoms with Crippen LogP contribution in [0, 0.1) is 12.7 Å². The number of carbonyl (C=O) groups is 1. The lowest BCUT2D eigenvalue weighted by atomic mass is 10.1. The molecule has 1 saturated heterocycles. The van der Waals surface area contributed by atoms with E-state index in [4.69, 9.17) is 4.74 Å². The molecule has 0 unspecified atom stereocenters. The van der Waals surface area contributed by atoms with Gasteiger partial charge in [0.2, 0.25) is 0 Å². The third-order valence-corrected chi connectivity index (χ3v) is 6.33. The van der Waals surface area contributed by atoms with Gasteiger partial charge in [0, 0.05) is 47.6 Å². The zero-order valence-corrected chi connectivity index (χ0v) is 19.1. The number of aromatic nitrogens is 4. The van der Waals surface area contributed by atoms with Crippen LogP contribution in [0.15, 0.2) is 53.8 Å². The standard InChI is InChI=1S/C24H22FN5O2S/c1-15-3-6-20(25)19(11-15)17-13-26-24(27-14-17)30-21-12-16(4-5-18(21)22(28-30)33-2)23(31)29-7-9-32-10-8-29/h3-6,11-14H,7-10H2,1-2H3. The van der Waals surface area contributed by atoms with E-state index in [0.717, 1.165) is 21.5 Å². The number of rotatable bonds is 4. The van der Waals surface area contributed by atoms with Gasteiger partial charge in [-0.3, -0.25) is 4.79 Å². The third kappa shape index (κ3) is 4.09. The lowest BCUT2D eigenvalue weighted by molar-refractivity contribution is 0.0303. The van der Waals surface area contributed by atoms with E-state index in [-0.39, 0.29) is 11.7 Å². The highest BCUT2D eigenvalue weighted by atomic mass is 32.2. The van der Waals surface area contributed by atoms with Crippen LogP contribution >= 0.6 is 11.8 Å². The lowest BCUT2D eigenvalue weighted by Gasteiger charge is -2.26. The average Bonchev–Trinajstić information content (AvgIpc) is 3.24. The molecule has 1 aliphatic heterocycles. The van der Waals surface area contributed by atoms with Gasteiger partial charge in [0.15, 0.2) is 0 Å². The highest BCUT2D eigenvalue weighted by molar-refractivity contribution is 7.98. The molecule has 1 amide bonds. The van der Waals surface area contributed by atoms with E-state index in [9.17, 15) is 9.18 Å². The minimum Gasteiger partial charge on any atom is -0.378 e. The molecular weight excluding hydrogens is 441 g/mol. The highest BCUT2D eigenvalue weighted by Crippen LogP contribution is 2.29. The van der Waals surface area contributed by atoms with Crippen LogP contribution in [0.1, 0.15) is 15.9 Å². The molecule has 0 aliphatic carbocycles. The number of aryl methyl sites for hydroxylation is 1. The molecule has 0 saturated carbocycles. The quantitative estimate of drug-likeness (QED) is 0.424. The van der Waals surface area contributed by atoms with E-state index in [1.54, 1.807) is 34.1 Å². The maximum absolute atomic E-state index is 14.3. The molecule has 4 aromatic rings. The van der Waals surface area contributed by atoms with Crippen LogP contribution in [-0.2, 0) is 4.74 Å². The fourth-order valence-corrected chi connectivity index (χ4v) is 4.46. The van der Waals surface area contributed by atoms with E-state index in [1.807, 2.05) is 31.4 Å². The number of thioether (sulfide) groups is 1. The van der Waals surface area contributed by atoms with Gasteiger partial charge in [0.05, 0.1) is 18.7 Å². The monoisotopic (exact) mass is 463 g/mol. The Balaban J connectivity index is 1.54. The Labute approximate surface area is 194 Å². The van der Waals surface area contributed by atoms with Crippen LogP contribution in [0.4, 0.5) is 4.39 Å². The zero-order valence-electron chi connectivity index (χ0n) is 18.3. The molecule has 5 rings (SSSR count). The van der Waals surface area contributed by atoms with E-state index < -0.39 is 0 Å². The minimum atomic E-state index is -0.322. The van der Waals surface area contributed by atoms with Crippen LogP contribution in [0.3, 0.4) is 0 Å². The van der Waals surface area contributed by atoms with E-state index in [0.29, 0.717) is 48.9 Å². The first-order valence-electron chi connectivity index (χ1n) is 10.6. The Morgan fingerprint density at radius 2 is 1.85 bits per heavy atom. The van der Waals surface area contributed by atoms with Crippen molar-refractivity contribution in [2.75, 3.05) is 32.6 Å². The Morgan fingerprint density at radius 1 is 1.09 bits per heavy atom. The fraction of sp³-hybridized carbons (Fsp3) is 0.250. The Hall–Kier alpha value is -3.30. The first kappa shape index (κ1) is 21.5. The fourth-order valence-electron chi connectivity index (χ4n) is 3.90. The van der Waals surface area contributed by atoms with Crippen molar-refractivity contribution in [3.05, 3.63) is 65.7 Å². The molecule has 1 aliphatic rings. The summed E-state index contributed by atoms with van der Waals surface area (Å²) in [7, 11) is 0. The molecule has 0 atom stereocenters. The molecule has 0 N–H and O–H groups in total. The number of carbonyl (C=O) groups excluding carboxylic acids is 1. The molecule has 0 radical (unpaired) electrons. The number of fused-ring (bicyclic) bond motifs is 1. The predicted octanol–water partition coefficient (Wildman–Crippen LogP) is 4.12. The summed E-state index contributed by atoms with van der Waals surface area (Å²) in [5.74, 6) is -0.00431. The maximum Gasteiger partial charge on any atom is 0.254 e. The summed E-state index contributed by atoms with van der Waals surface area (Å²) in [5, 5.41) is 6.39. The molecule has 0 spiro atoms. The summed E-state index contributed by atoms with van der Waals surface area (Å²) >= 11 is 1.51. The smallest absolute Gasteiger partial charge is 0.254 e. The lowest BCUT2D eigenvalue weighted by Crippen LogP contribution is -2.40. The zero-order chi connectivity index (χ0) is 22.9. The van der Waals surface area contributed by atoms with E-state index >= 15 is 0 Å². The number of nitrogens with zero attached hydrogens (tertiary/aromatic N) is 5. The molecule has 33 heavy (non-hydrogen) atoms. The molecule has 2 aromatic heterocycles. The summed E-state index contributed by atoms with van der Waals surface area (Å²) in [6.07, 6.45) is 5.13. The van der Waals surface area contributed by atoms with Crippen molar-refractivity contribution in [3.63, 3.8) is 0 Å². The first-order chi connectivity index (χ1) is 16.0. The van der Waals surface area contributed by atoms with Gasteiger partial charge in [-0.25, -0.2) is 14.4 Å². The van der Waals surface area contributed by atoms with Crippen LogP contribution in [-0.4, -0.2) is 63.1 Å². The molecular formula is C24H22FN5O2S. The van der Waals surface area contributed by atoms with Gasteiger partial charge in [0.1, 0.15) is 10.8 Å². The number of morpholine rings is 1. The Bertz CT molecular complexity index is 1330. The summed E-state index contributed by atoms with van der Waals surface area (Å²) in [5.41, 5.74) is 3.32. The molecule has 168 valence electrons. The van der Waals surface area contributed by atoms with Gasteiger partial charge in [-0.05, 0) is 43.5 Å². The second-order valence-corrected chi connectivity index (χ2v) is 8.61. The first-order valence-corrected chi connectivity index (χ1v) is 11.8. The van der Waals surface area contributed by atoms with Crippen molar-refractivity contribution in [1.29, 1.82) is 0 Å². The molecule has 9 heteroatoms. The maximum atomic E-state index is 14.3. The van der Waals surface area contributed by atoms with Crippen molar-refractivity contribution < 1.29 is 13.9 Å². The summed E-state index contributed by atoms with van der Waals surface area (Å²) in [4.78, 5) is 23.7. The van der Waals surface area contributed by atoms with Crippen molar-refractivity contribution >= 4 is 28.6 Å². The van der Waals surface area contributed by atoms with E-state index in [1.165, 1.54) is 17.8 Å². The summed E-state index contributed by atoms with van der Waals surface area (Å²) < 4.78 is 21.3. The van der Waals surface area contributed by atoms with Gasteiger partial charge in [0.25, 0.3) is 11.9 Å². The molecule has 1 fully saturated rings. The number of benzene rings is 2. The van der Waals surface area contributed by atoms with E-state index in [2.05, 4.69) is 15.1 Å². The molecule has 7 nitrogen and oxygen atoms in total. The van der Waals surface area contributed by atoms with Crippen LogP contribution in [0.25, 0.3) is 28.0 Å². The molecule has 0 bridgehead atoms. The number of amides is 1. The number of halogens is 1. The van der Waals surface area contributed by atoms with Crippen LogP contribution in [0.5, 0.6) is 0 Å². The summed E-state index contributed by atoms with van der Waals surface area (Å²) in [6.45, 7) is 4.15. The average molecular weight is 464 g/mol. The second kappa shape index (κ2) is 8.92.